The van der Waals surface area contributed by atoms with Gasteiger partial charge >= 0.3 is 6.01 Å². The van der Waals surface area contributed by atoms with Gasteiger partial charge in [0, 0.05) is 5.56 Å². The molecule has 18 heavy (non-hydrogen) atoms. The van der Waals surface area contributed by atoms with Crippen molar-refractivity contribution in [3.63, 3.8) is 0 Å². The van der Waals surface area contributed by atoms with Gasteiger partial charge in [0.25, 0.3) is 5.89 Å². The van der Waals surface area contributed by atoms with Crippen LogP contribution < -0.4 is 4.74 Å². The van der Waals surface area contributed by atoms with E-state index in [1.807, 2.05) is 30.3 Å². The average Bonchev–Trinajstić information content (AvgIpc) is 2.89. The number of allylic oxidation sites excluding steroid dienone is 1. The summed E-state index contributed by atoms with van der Waals surface area (Å²) in [6, 6.07) is 9.98. The van der Waals surface area contributed by atoms with Gasteiger partial charge in [-0.1, -0.05) is 24.3 Å². The fraction of sp³-hybridized carbons (Fsp3) is 0.286. The minimum Gasteiger partial charge on any atom is -0.454 e. The lowest BCUT2D eigenvalue weighted by atomic mass is 10.1. The number of ether oxygens (including phenoxy) is 1. The van der Waals surface area contributed by atoms with Gasteiger partial charge in [0.1, 0.15) is 6.10 Å². The van der Waals surface area contributed by atoms with Gasteiger partial charge < -0.3 is 9.26 Å². The summed E-state index contributed by atoms with van der Waals surface area (Å²) in [5.41, 5.74) is 0.902. The number of benzene rings is 1. The Morgan fingerprint density at radius 3 is 2.89 bits per heavy atom. The van der Waals surface area contributed by atoms with Crippen LogP contribution in [0.5, 0.6) is 6.01 Å². The van der Waals surface area contributed by atoms with Crippen LogP contribution in [0.2, 0.25) is 0 Å². The molecule has 0 spiro atoms. The molecule has 4 heteroatoms. The Bertz CT molecular complexity index is 534. The predicted molar refractivity (Wildman–Crippen MR) is 67.1 cm³/mol. The van der Waals surface area contributed by atoms with E-state index in [0.717, 1.165) is 24.8 Å². The molecule has 1 aliphatic carbocycles. The fourth-order valence-corrected chi connectivity index (χ4v) is 1.97. The number of rotatable bonds is 3. The van der Waals surface area contributed by atoms with Crippen LogP contribution in [0, 0.1) is 0 Å². The number of hydrogen-bond donors (Lipinski definition) is 0. The summed E-state index contributed by atoms with van der Waals surface area (Å²) in [5.74, 6) is 0.491. The third-order valence-electron chi connectivity index (χ3n) is 2.90. The predicted octanol–water partition coefficient (Wildman–Crippen LogP) is 3.22. The van der Waals surface area contributed by atoms with E-state index >= 15 is 0 Å². The maximum atomic E-state index is 5.65. The van der Waals surface area contributed by atoms with Crippen LogP contribution in [0.1, 0.15) is 19.3 Å². The normalized spacial score (nSPS) is 18.8. The molecule has 3 rings (SSSR count). The lowest BCUT2D eigenvalue weighted by Gasteiger charge is -2.14. The molecule has 0 saturated carbocycles. The van der Waals surface area contributed by atoms with Crippen molar-refractivity contribution in [1.82, 2.24) is 10.1 Å². The van der Waals surface area contributed by atoms with Crippen LogP contribution in [0.4, 0.5) is 0 Å². The molecular formula is C14H14N2O2. The SMILES string of the molecule is C1=CC(Oc2noc(-c3ccccc3)n2)CCC1. The third-order valence-corrected chi connectivity index (χ3v) is 2.90. The molecule has 1 aromatic heterocycles. The first kappa shape index (κ1) is 11.0. The molecular weight excluding hydrogens is 228 g/mol. The molecule has 1 heterocycles. The summed E-state index contributed by atoms with van der Waals surface area (Å²) in [6.45, 7) is 0. The van der Waals surface area contributed by atoms with Gasteiger partial charge in [0.2, 0.25) is 0 Å². The first-order valence-corrected chi connectivity index (χ1v) is 6.14. The molecule has 0 aliphatic heterocycles. The van der Waals surface area contributed by atoms with Crippen LogP contribution >= 0.6 is 0 Å². The second kappa shape index (κ2) is 5.04. The van der Waals surface area contributed by atoms with E-state index < -0.39 is 0 Å². The maximum Gasteiger partial charge on any atom is 0.355 e. The van der Waals surface area contributed by atoms with E-state index in [-0.39, 0.29) is 6.10 Å². The van der Waals surface area contributed by atoms with E-state index in [4.69, 9.17) is 9.26 Å². The molecule has 4 nitrogen and oxygen atoms in total. The Hall–Kier alpha value is -2.10. The number of hydrogen-bond acceptors (Lipinski definition) is 4. The molecule has 0 amide bonds. The molecule has 0 N–H and O–H groups in total. The topological polar surface area (TPSA) is 48.2 Å². The van der Waals surface area contributed by atoms with Gasteiger partial charge in [-0.05, 0) is 42.6 Å². The van der Waals surface area contributed by atoms with Gasteiger partial charge in [-0.2, -0.15) is 4.98 Å². The summed E-state index contributed by atoms with van der Waals surface area (Å²) in [5, 5.41) is 3.84. The van der Waals surface area contributed by atoms with Crippen molar-refractivity contribution < 1.29 is 9.26 Å². The van der Waals surface area contributed by atoms with Gasteiger partial charge in [-0.25, -0.2) is 0 Å². The van der Waals surface area contributed by atoms with Gasteiger partial charge in [-0.15, -0.1) is 0 Å². The van der Waals surface area contributed by atoms with Crippen molar-refractivity contribution in [1.29, 1.82) is 0 Å². The third kappa shape index (κ3) is 2.42. The standard InChI is InChI=1S/C14H14N2O2/c1-3-7-11(8-4-1)13-15-14(16-18-13)17-12-9-5-2-6-10-12/h1,3-5,7-9,12H,2,6,10H2. The lowest BCUT2D eigenvalue weighted by Crippen LogP contribution is -2.16. The van der Waals surface area contributed by atoms with E-state index in [9.17, 15) is 0 Å². The van der Waals surface area contributed by atoms with Crippen molar-refractivity contribution in [2.45, 2.75) is 25.4 Å². The molecule has 1 unspecified atom stereocenters. The second-order valence-corrected chi connectivity index (χ2v) is 4.26. The number of nitrogens with zero attached hydrogens (tertiary/aromatic N) is 2. The Morgan fingerprint density at radius 1 is 1.22 bits per heavy atom. The summed E-state index contributed by atoms with van der Waals surface area (Å²) in [7, 11) is 0. The average molecular weight is 242 g/mol. The summed E-state index contributed by atoms with van der Waals surface area (Å²) in [4.78, 5) is 4.24. The van der Waals surface area contributed by atoms with Crippen LogP contribution in [0.3, 0.4) is 0 Å². The minimum atomic E-state index is 0.0694. The van der Waals surface area contributed by atoms with Gasteiger partial charge in [0.15, 0.2) is 0 Å². The first-order chi connectivity index (χ1) is 8.92. The molecule has 1 aromatic carbocycles. The molecule has 0 radical (unpaired) electrons. The maximum absolute atomic E-state index is 5.65. The lowest BCUT2D eigenvalue weighted by molar-refractivity contribution is 0.202. The first-order valence-electron chi connectivity index (χ1n) is 6.14. The zero-order chi connectivity index (χ0) is 12.2. The van der Waals surface area contributed by atoms with Crippen molar-refractivity contribution in [3.8, 4) is 17.5 Å². The second-order valence-electron chi connectivity index (χ2n) is 4.26. The van der Waals surface area contributed by atoms with E-state index in [2.05, 4.69) is 22.3 Å². The van der Waals surface area contributed by atoms with Crippen molar-refractivity contribution >= 4 is 0 Å². The highest BCUT2D eigenvalue weighted by molar-refractivity contribution is 5.52. The van der Waals surface area contributed by atoms with Crippen LogP contribution in [0.25, 0.3) is 11.5 Å². The molecule has 1 atom stereocenters. The van der Waals surface area contributed by atoms with E-state index in [1.165, 1.54) is 0 Å². The highest BCUT2D eigenvalue weighted by Gasteiger charge is 2.14. The van der Waals surface area contributed by atoms with Crippen molar-refractivity contribution in [2.24, 2.45) is 0 Å². The molecule has 0 saturated heterocycles. The van der Waals surface area contributed by atoms with Crippen molar-refractivity contribution in [3.05, 3.63) is 42.5 Å². The molecule has 92 valence electrons. The zero-order valence-electron chi connectivity index (χ0n) is 9.95. The highest BCUT2D eigenvalue weighted by Crippen LogP contribution is 2.21. The Balaban J connectivity index is 1.73. The molecule has 2 aromatic rings. The molecule has 1 aliphatic rings. The Labute approximate surface area is 105 Å². The van der Waals surface area contributed by atoms with Gasteiger partial charge in [0.05, 0.1) is 0 Å². The summed E-state index contributed by atoms with van der Waals surface area (Å²) >= 11 is 0. The Morgan fingerprint density at radius 2 is 2.11 bits per heavy atom. The Kier molecular flexibility index (Phi) is 3.08. The monoisotopic (exact) mass is 242 g/mol. The minimum absolute atomic E-state index is 0.0694. The molecule has 0 fully saturated rings. The largest absolute Gasteiger partial charge is 0.454 e. The number of aromatic nitrogens is 2. The van der Waals surface area contributed by atoms with E-state index in [0.29, 0.717) is 11.9 Å². The van der Waals surface area contributed by atoms with Crippen LogP contribution in [0.15, 0.2) is 47.0 Å². The zero-order valence-corrected chi connectivity index (χ0v) is 9.95. The van der Waals surface area contributed by atoms with E-state index in [1.54, 1.807) is 0 Å². The molecule has 0 bridgehead atoms. The summed E-state index contributed by atoms with van der Waals surface area (Å²) < 4.78 is 10.8. The highest BCUT2D eigenvalue weighted by atomic mass is 16.6. The quantitative estimate of drug-likeness (QED) is 0.775. The van der Waals surface area contributed by atoms with Crippen LogP contribution in [-0.4, -0.2) is 16.2 Å². The van der Waals surface area contributed by atoms with Crippen LogP contribution in [-0.2, 0) is 0 Å². The van der Waals surface area contributed by atoms with Gasteiger partial charge in [-0.3, -0.25) is 0 Å². The fourth-order valence-electron chi connectivity index (χ4n) is 1.97. The smallest absolute Gasteiger partial charge is 0.355 e. The summed E-state index contributed by atoms with van der Waals surface area (Å²) in [6.07, 6.45) is 7.53. The van der Waals surface area contributed by atoms with Crippen molar-refractivity contribution in [2.75, 3.05) is 0 Å².